The molecule has 1 aliphatic heterocycles. The van der Waals surface area contributed by atoms with Gasteiger partial charge in [0.15, 0.2) is 0 Å². The maximum Gasteiger partial charge on any atom is 0.325 e. The summed E-state index contributed by atoms with van der Waals surface area (Å²) in [5, 5.41) is 2.71. The third-order valence-electron chi connectivity index (χ3n) is 3.57. The molecule has 0 aliphatic carbocycles. The third kappa shape index (κ3) is 3.19. The number of amides is 3. The molecule has 1 aromatic rings. The van der Waals surface area contributed by atoms with Crippen molar-refractivity contribution < 1.29 is 19.1 Å². The van der Waals surface area contributed by atoms with Gasteiger partial charge < -0.3 is 14.8 Å². The molecular formula is C15H19BrN2O4. The number of urea groups is 1. The lowest BCUT2D eigenvalue weighted by molar-refractivity contribution is -0.128. The molecule has 0 unspecified atom stereocenters. The molecule has 1 fully saturated rings. The van der Waals surface area contributed by atoms with Crippen LogP contribution in [-0.4, -0.2) is 37.1 Å². The van der Waals surface area contributed by atoms with E-state index in [-0.39, 0.29) is 18.5 Å². The number of halogens is 1. The zero-order chi connectivity index (χ0) is 16.3. The second kappa shape index (κ2) is 7.00. The second-order valence-corrected chi connectivity index (χ2v) is 5.87. The Balaban J connectivity index is 2.26. The van der Waals surface area contributed by atoms with Crippen LogP contribution < -0.4 is 14.8 Å². The van der Waals surface area contributed by atoms with Crippen LogP contribution in [-0.2, 0) is 11.3 Å². The lowest BCUT2D eigenvalue weighted by Crippen LogP contribution is -2.31. The topological polar surface area (TPSA) is 67.9 Å². The first-order valence-corrected chi connectivity index (χ1v) is 7.83. The van der Waals surface area contributed by atoms with E-state index in [1.54, 1.807) is 26.4 Å². The van der Waals surface area contributed by atoms with Crippen LogP contribution in [0.25, 0.3) is 0 Å². The van der Waals surface area contributed by atoms with Gasteiger partial charge in [-0.05, 0) is 34.5 Å². The van der Waals surface area contributed by atoms with Gasteiger partial charge in [-0.25, -0.2) is 4.79 Å². The summed E-state index contributed by atoms with van der Waals surface area (Å²) in [7, 11) is 3.10. The Kier molecular flexibility index (Phi) is 5.28. The average molecular weight is 371 g/mol. The van der Waals surface area contributed by atoms with Crippen molar-refractivity contribution in [1.82, 2.24) is 10.2 Å². The molecule has 6 nitrogen and oxygen atoms in total. The van der Waals surface area contributed by atoms with Crippen molar-refractivity contribution in [3.8, 4) is 11.5 Å². The fourth-order valence-electron chi connectivity index (χ4n) is 2.43. The van der Waals surface area contributed by atoms with Crippen LogP contribution in [0.2, 0.25) is 0 Å². The van der Waals surface area contributed by atoms with E-state index >= 15 is 0 Å². The lowest BCUT2D eigenvalue weighted by atomic mass is 10.1. The van der Waals surface area contributed by atoms with Crippen molar-refractivity contribution in [2.75, 3.05) is 14.2 Å². The molecule has 0 radical (unpaired) electrons. The summed E-state index contributed by atoms with van der Waals surface area (Å²) in [4.78, 5) is 25.5. The van der Waals surface area contributed by atoms with Crippen molar-refractivity contribution in [1.29, 1.82) is 0 Å². The quantitative estimate of drug-likeness (QED) is 0.781. The maximum absolute atomic E-state index is 12.3. The minimum absolute atomic E-state index is 0.150. The number of nitrogens with one attached hydrogen (secondary N) is 1. The normalized spacial score (nSPS) is 17.6. The number of rotatable bonds is 6. The van der Waals surface area contributed by atoms with Crippen LogP contribution in [0.3, 0.4) is 0 Å². The van der Waals surface area contributed by atoms with Gasteiger partial charge in [-0.3, -0.25) is 9.69 Å². The van der Waals surface area contributed by atoms with Gasteiger partial charge in [-0.2, -0.15) is 0 Å². The number of hydrogen-bond donors (Lipinski definition) is 1. The van der Waals surface area contributed by atoms with E-state index in [4.69, 9.17) is 9.47 Å². The van der Waals surface area contributed by atoms with Crippen LogP contribution in [0.5, 0.6) is 11.5 Å². The standard InChI is InChI=1S/C15H19BrN2O4/c1-4-5-11-14(19)18(15(20)17-11)8-9-6-13(22-3)10(16)7-12(9)21-2/h6-7,11H,4-5,8H2,1-3H3,(H,17,20)/t11-/m1/s1. The predicted octanol–water partition coefficient (Wildman–Crippen LogP) is 2.69. The summed E-state index contributed by atoms with van der Waals surface area (Å²) in [6.45, 7) is 2.13. The van der Waals surface area contributed by atoms with Crippen molar-refractivity contribution in [2.45, 2.75) is 32.4 Å². The third-order valence-corrected chi connectivity index (χ3v) is 4.19. The van der Waals surface area contributed by atoms with Crippen molar-refractivity contribution in [3.05, 3.63) is 22.2 Å². The number of carbonyl (C=O) groups is 2. The fraction of sp³-hybridized carbons (Fsp3) is 0.467. The van der Waals surface area contributed by atoms with Crippen molar-refractivity contribution in [2.24, 2.45) is 0 Å². The zero-order valence-corrected chi connectivity index (χ0v) is 14.4. The molecule has 7 heteroatoms. The van der Waals surface area contributed by atoms with Crippen LogP contribution in [0.15, 0.2) is 16.6 Å². The van der Waals surface area contributed by atoms with Gasteiger partial charge in [-0.1, -0.05) is 13.3 Å². The van der Waals surface area contributed by atoms with Crippen LogP contribution in [0, 0.1) is 0 Å². The average Bonchev–Trinajstić information content (AvgIpc) is 2.76. The molecule has 1 atom stereocenters. The Hall–Kier alpha value is -1.76. The molecule has 1 heterocycles. The first-order valence-electron chi connectivity index (χ1n) is 7.04. The zero-order valence-electron chi connectivity index (χ0n) is 12.8. The molecule has 22 heavy (non-hydrogen) atoms. The summed E-state index contributed by atoms with van der Waals surface area (Å²) in [5.41, 5.74) is 0.711. The molecule has 120 valence electrons. The Morgan fingerprint density at radius 1 is 1.23 bits per heavy atom. The first-order chi connectivity index (χ1) is 10.5. The molecule has 0 bridgehead atoms. The maximum atomic E-state index is 12.3. The molecule has 0 spiro atoms. The Morgan fingerprint density at radius 2 is 1.91 bits per heavy atom. The molecule has 1 saturated heterocycles. The highest BCUT2D eigenvalue weighted by atomic mass is 79.9. The van der Waals surface area contributed by atoms with E-state index < -0.39 is 6.04 Å². The summed E-state index contributed by atoms with van der Waals surface area (Å²) in [5.74, 6) is 1.01. The highest BCUT2D eigenvalue weighted by Gasteiger charge is 2.37. The fourth-order valence-corrected chi connectivity index (χ4v) is 2.91. The highest BCUT2D eigenvalue weighted by Crippen LogP contribution is 2.33. The number of hydrogen-bond acceptors (Lipinski definition) is 4. The van der Waals surface area contributed by atoms with E-state index in [9.17, 15) is 9.59 Å². The predicted molar refractivity (Wildman–Crippen MR) is 85.0 cm³/mol. The minimum Gasteiger partial charge on any atom is -0.496 e. The van der Waals surface area contributed by atoms with Gasteiger partial charge in [0.2, 0.25) is 0 Å². The smallest absolute Gasteiger partial charge is 0.325 e. The number of ether oxygens (including phenoxy) is 2. The molecule has 2 rings (SSSR count). The Morgan fingerprint density at radius 3 is 2.50 bits per heavy atom. The molecule has 0 saturated carbocycles. The summed E-state index contributed by atoms with van der Waals surface area (Å²) in [6.07, 6.45) is 1.47. The Bertz CT molecular complexity index is 591. The minimum atomic E-state index is -0.430. The molecule has 1 aromatic carbocycles. The molecule has 1 N–H and O–H groups in total. The number of carbonyl (C=O) groups excluding carboxylic acids is 2. The van der Waals surface area contributed by atoms with Crippen LogP contribution in [0.4, 0.5) is 4.79 Å². The monoisotopic (exact) mass is 370 g/mol. The molecule has 3 amide bonds. The SMILES string of the molecule is CCC[C@H]1NC(=O)N(Cc2cc(OC)c(Br)cc2OC)C1=O. The first kappa shape index (κ1) is 16.6. The van der Waals surface area contributed by atoms with Gasteiger partial charge in [0.05, 0.1) is 25.2 Å². The van der Waals surface area contributed by atoms with Gasteiger partial charge in [0, 0.05) is 5.56 Å². The van der Waals surface area contributed by atoms with E-state index in [2.05, 4.69) is 21.2 Å². The van der Waals surface area contributed by atoms with E-state index in [0.717, 1.165) is 10.9 Å². The second-order valence-electron chi connectivity index (χ2n) is 5.01. The van der Waals surface area contributed by atoms with E-state index in [1.807, 2.05) is 6.92 Å². The summed E-state index contributed by atoms with van der Waals surface area (Å²) >= 11 is 3.38. The lowest BCUT2D eigenvalue weighted by Gasteiger charge is -2.17. The van der Waals surface area contributed by atoms with E-state index in [1.165, 1.54) is 4.90 Å². The van der Waals surface area contributed by atoms with Gasteiger partial charge in [0.25, 0.3) is 5.91 Å². The number of nitrogens with zero attached hydrogens (tertiary/aromatic N) is 1. The largest absolute Gasteiger partial charge is 0.496 e. The van der Waals surface area contributed by atoms with Crippen molar-refractivity contribution >= 4 is 27.9 Å². The number of benzene rings is 1. The molecular weight excluding hydrogens is 352 g/mol. The number of imide groups is 1. The van der Waals surface area contributed by atoms with Gasteiger partial charge >= 0.3 is 6.03 Å². The van der Waals surface area contributed by atoms with Gasteiger partial charge in [-0.15, -0.1) is 0 Å². The van der Waals surface area contributed by atoms with Gasteiger partial charge in [0.1, 0.15) is 17.5 Å². The highest BCUT2D eigenvalue weighted by molar-refractivity contribution is 9.10. The summed E-state index contributed by atoms with van der Waals surface area (Å²) < 4.78 is 11.3. The summed E-state index contributed by atoms with van der Waals surface area (Å²) in [6, 6.07) is 2.72. The Labute approximate surface area is 137 Å². The van der Waals surface area contributed by atoms with Crippen molar-refractivity contribution in [3.63, 3.8) is 0 Å². The van der Waals surface area contributed by atoms with Crippen LogP contribution >= 0.6 is 15.9 Å². The molecule has 0 aromatic heterocycles. The molecule has 1 aliphatic rings. The van der Waals surface area contributed by atoms with E-state index in [0.29, 0.717) is 23.5 Å². The van der Waals surface area contributed by atoms with Crippen LogP contribution in [0.1, 0.15) is 25.3 Å². The number of methoxy groups -OCH3 is 2.